The van der Waals surface area contributed by atoms with Crippen molar-refractivity contribution >= 4 is 45.1 Å². The molecule has 0 N–H and O–H groups in total. The lowest BCUT2D eigenvalue weighted by Crippen LogP contribution is -2.46. The fourth-order valence-electron chi connectivity index (χ4n) is 4.41. The van der Waals surface area contributed by atoms with Crippen molar-refractivity contribution in [2.24, 2.45) is 10.9 Å². The standard InChI is InChI=1S/C23H25ClN6O3S/c1-15-9-21(34(2,32)33)27-14-20(15)26-12-16-3-8-30(23(16)31)19-4-6-29(7-5-19)22-17(11-25)10-18(24)13-28-22/h9-10,12-14,16,19H,3-8H2,1-2H3. The monoisotopic (exact) mass is 500 g/mol. The van der Waals surface area contributed by atoms with Crippen LogP contribution >= 0.6 is 11.6 Å². The molecule has 1 amide bonds. The zero-order valence-electron chi connectivity index (χ0n) is 19.0. The van der Waals surface area contributed by atoms with Gasteiger partial charge in [-0.1, -0.05) is 11.6 Å². The van der Waals surface area contributed by atoms with Crippen LogP contribution in [-0.2, 0) is 14.6 Å². The maximum absolute atomic E-state index is 13.0. The number of halogens is 1. The molecule has 2 aliphatic heterocycles. The van der Waals surface area contributed by atoms with Crippen LogP contribution in [0.3, 0.4) is 0 Å². The van der Waals surface area contributed by atoms with Crippen molar-refractivity contribution in [3.63, 3.8) is 0 Å². The Hall–Kier alpha value is -3.03. The van der Waals surface area contributed by atoms with Crippen molar-refractivity contribution in [3.05, 3.63) is 40.7 Å². The van der Waals surface area contributed by atoms with Gasteiger partial charge in [-0.05, 0) is 43.9 Å². The first kappa shape index (κ1) is 24.1. The topological polar surface area (TPSA) is 120 Å². The number of aryl methyl sites for hydroxylation is 1. The van der Waals surface area contributed by atoms with E-state index < -0.39 is 9.84 Å². The first-order valence-corrected chi connectivity index (χ1v) is 13.3. The molecule has 4 heterocycles. The highest BCUT2D eigenvalue weighted by Crippen LogP contribution is 2.29. The number of hydrogen-bond donors (Lipinski definition) is 0. The quantitative estimate of drug-likeness (QED) is 0.579. The van der Waals surface area contributed by atoms with E-state index in [4.69, 9.17) is 11.6 Å². The summed E-state index contributed by atoms with van der Waals surface area (Å²) in [7, 11) is -3.38. The molecule has 9 nitrogen and oxygen atoms in total. The van der Waals surface area contributed by atoms with E-state index in [1.165, 1.54) is 12.3 Å². The maximum Gasteiger partial charge on any atom is 0.231 e. The van der Waals surface area contributed by atoms with Crippen molar-refractivity contribution in [2.75, 3.05) is 30.8 Å². The number of sulfone groups is 1. The van der Waals surface area contributed by atoms with E-state index in [0.29, 0.717) is 53.7 Å². The third-order valence-corrected chi connectivity index (χ3v) is 7.46. The third kappa shape index (κ3) is 5.05. The summed E-state index contributed by atoms with van der Waals surface area (Å²) < 4.78 is 23.3. The average Bonchev–Trinajstić information content (AvgIpc) is 3.17. The van der Waals surface area contributed by atoms with Crippen LogP contribution in [0.2, 0.25) is 5.02 Å². The minimum atomic E-state index is -3.38. The van der Waals surface area contributed by atoms with Gasteiger partial charge in [0, 0.05) is 44.3 Å². The number of anilines is 1. The molecular formula is C23H25ClN6O3S. The molecule has 0 spiro atoms. The number of likely N-dealkylation sites (tertiary alicyclic amines) is 1. The number of carbonyl (C=O) groups is 1. The normalized spacial score (nSPS) is 19.7. The third-order valence-electron chi connectivity index (χ3n) is 6.27. The van der Waals surface area contributed by atoms with Gasteiger partial charge in [-0.2, -0.15) is 5.26 Å². The molecule has 0 aliphatic carbocycles. The lowest BCUT2D eigenvalue weighted by atomic mass is 10.0. The highest BCUT2D eigenvalue weighted by Gasteiger charge is 2.36. The molecule has 0 bridgehead atoms. The zero-order valence-corrected chi connectivity index (χ0v) is 20.6. The number of nitrogens with zero attached hydrogens (tertiary/aromatic N) is 6. The number of piperidine rings is 1. The van der Waals surface area contributed by atoms with E-state index in [2.05, 4.69) is 25.9 Å². The van der Waals surface area contributed by atoms with E-state index in [1.807, 2.05) is 4.90 Å². The Balaban J connectivity index is 1.38. The SMILES string of the molecule is Cc1cc(S(C)(=O)=O)ncc1N=CC1CCN(C2CCN(c3ncc(Cl)cc3C#N)CC2)C1=O. The molecule has 2 saturated heterocycles. The van der Waals surface area contributed by atoms with E-state index in [-0.39, 0.29) is 22.9 Å². The highest BCUT2D eigenvalue weighted by atomic mass is 35.5. The minimum absolute atomic E-state index is 0.00843. The first-order chi connectivity index (χ1) is 16.2. The van der Waals surface area contributed by atoms with Crippen LogP contribution in [0.15, 0.2) is 34.5 Å². The molecule has 4 rings (SSSR count). The number of aliphatic imine (C=N–C) groups is 1. The maximum atomic E-state index is 13.0. The van der Waals surface area contributed by atoms with Gasteiger partial charge < -0.3 is 9.80 Å². The second-order valence-corrected chi connectivity index (χ2v) is 11.0. The molecule has 2 aliphatic rings. The largest absolute Gasteiger partial charge is 0.355 e. The van der Waals surface area contributed by atoms with Crippen LogP contribution in [0.1, 0.15) is 30.4 Å². The van der Waals surface area contributed by atoms with Gasteiger partial charge in [0.05, 0.1) is 28.4 Å². The molecule has 2 fully saturated rings. The predicted molar refractivity (Wildman–Crippen MR) is 129 cm³/mol. The van der Waals surface area contributed by atoms with Crippen LogP contribution in [-0.4, -0.2) is 67.3 Å². The molecule has 34 heavy (non-hydrogen) atoms. The number of amides is 1. The molecule has 1 unspecified atom stereocenters. The van der Waals surface area contributed by atoms with Crippen LogP contribution in [0.4, 0.5) is 11.5 Å². The van der Waals surface area contributed by atoms with E-state index in [1.54, 1.807) is 25.4 Å². The van der Waals surface area contributed by atoms with Crippen molar-refractivity contribution < 1.29 is 13.2 Å². The average molecular weight is 501 g/mol. The number of nitriles is 1. The number of aromatic nitrogens is 2. The fraction of sp³-hybridized carbons (Fsp3) is 0.435. The summed E-state index contributed by atoms with van der Waals surface area (Å²) in [6.45, 7) is 3.85. The van der Waals surface area contributed by atoms with Crippen LogP contribution in [0.25, 0.3) is 0 Å². The number of carbonyl (C=O) groups excluding carboxylic acids is 1. The summed E-state index contributed by atoms with van der Waals surface area (Å²) in [5.41, 5.74) is 1.69. The molecular weight excluding hydrogens is 476 g/mol. The van der Waals surface area contributed by atoms with Gasteiger partial charge in [0.15, 0.2) is 14.9 Å². The molecule has 0 radical (unpaired) electrons. The van der Waals surface area contributed by atoms with Gasteiger partial charge in [-0.15, -0.1) is 0 Å². The zero-order chi connectivity index (χ0) is 24.5. The Morgan fingerprint density at radius 2 is 1.91 bits per heavy atom. The van der Waals surface area contributed by atoms with Crippen molar-refractivity contribution in [1.29, 1.82) is 5.26 Å². The van der Waals surface area contributed by atoms with Crippen molar-refractivity contribution in [3.8, 4) is 6.07 Å². The second kappa shape index (κ2) is 9.68. The Morgan fingerprint density at radius 1 is 1.18 bits per heavy atom. The van der Waals surface area contributed by atoms with E-state index in [9.17, 15) is 18.5 Å². The Morgan fingerprint density at radius 3 is 2.56 bits per heavy atom. The molecule has 1 atom stereocenters. The van der Waals surface area contributed by atoms with Gasteiger partial charge in [0.25, 0.3) is 0 Å². The van der Waals surface area contributed by atoms with Gasteiger partial charge >= 0.3 is 0 Å². The molecule has 2 aromatic rings. The summed E-state index contributed by atoms with van der Waals surface area (Å²) in [5.74, 6) is 0.381. The summed E-state index contributed by atoms with van der Waals surface area (Å²) in [6, 6.07) is 5.40. The molecule has 11 heteroatoms. The molecule has 0 saturated carbocycles. The van der Waals surface area contributed by atoms with Crippen molar-refractivity contribution in [1.82, 2.24) is 14.9 Å². The summed E-state index contributed by atoms with van der Waals surface area (Å²) in [5, 5.41) is 9.83. The van der Waals surface area contributed by atoms with E-state index >= 15 is 0 Å². The summed E-state index contributed by atoms with van der Waals surface area (Å²) >= 11 is 5.96. The Bertz CT molecular complexity index is 1280. The van der Waals surface area contributed by atoms with Crippen molar-refractivity contribution in [2.45, 2.75) is 37.3 Å². The lowest BCUT2D eigenvalue weighted by Gasteiger charge is -2.37. The Kier molecular flexibility index (Phi) is 6.86. The Labute approximate surface area is 204 Å². The number of hydrogen-bond acceptors (Lipinski definition) is 8. The fourth-order valence-corrected chi connectivity index (χ4v) is 5.21. The number of rotatable bonds is 5. The van der Waals surface area contributed by atoms with Gasteiger partial charge in [0.1, 0.15) is 11.9 Å². The van der Waals surface area contributed by atoms with Crippen LogP contribution in [0.5, 0.6) is 0 Å². The minimum Gasteiger partial charge on any atom is -0.355 e. The summed E-state index contributed by atoms with van der Waals surface area (Å²) in [6.07, 6.45) is 8.01. The summed E-state index contributed by atoms with van der Waals surface area (Å²) in [4.78, 5) is 29.8. The molecule has 2 aromatic heterocycles. The van der Waals surface area contributed by atoms with Gasteiger partial charge in [-0.25, -0.2) is 18.4 Å². The van der Waals surface area contributed by atoms with Gasteiger partial charge in [-0.3, -0.25) is 9.79 Å². The van der Waals surface area contributed by atoms with Crippen LogP contribution in [0, 0.1) is 24.2 Å². The lowest BCUT2D eigenvalue weighted by molar-refractivity contribution is -0.131. The van der Waals surface area contributed by atoms with Crippen LogP contribution < -0.4 is 4.90 Å². The first-order valence-electron chi connectivity index (χ1n) is 11.0. The van der Waals surface area contributed by atoms with E-state index in [0.717, 1.165) is 19.1 Å². The van der Waals surface area contributed by atoms with Gasteiger partial charge in [0.2, 0.25) is 5.91 Å². The number of pyridine rings is 2. The smallest absolute Gasteiger partial charge is 0.231 e. The second-order valence-electron chi connectivity index (χ2n) is 8.64. The molecule has 178 valence electrons. The highest BCUT2D eigenvalue weighted by molar-refractivity contribution is 7.90. The molecule has 0 aromatic carbocycles. The predicted octanol–water partition coefficient (Wildman–Crippen LogP) is 2.93.